The molecule has 1 saturated heterocycles. The predicted octanol–water partition coefficient (Wildman–Crippen LogP) is 3.98. The van der Waals surface area contributed by atoms with Crippen LogP contribution in [0, 0.1) is 0 Å². The minimum atomic E-state index is 0.297. The lowest BCUT2D eigenvalue weighted by atomic mass is 10.0. The number of hydrogen-bond acceptors (Lipinski definition) is 2. The van der Waals surface area contributed by atoms with Gasteiger partial charge in [-0.15, -0.1) is 0 Å². The van der Waals surface area contributed by atoms with E-state index < -0.39 is 0 Å². The third-order valence-corrected chi connectivity index (χ3v) is 4.83. The number of piperidine rings is 1. The van der Waals surface area contributed by atoms with Crippen molar-refractivity contribution in [3.63, 3.8) is 0 Å². The topological polar surface area (TPSA) is 47.9 Å². The van der Waals surface area contributed by atoms with Crippen LogP contribution in [0.15, 0.2) is 29.3 Å². The van der Waals surface area contributed by atoms with Crippen molar-refractivity contribution in [2.24, 2.45) is 4.99 Å². The first-order valence-electron chi connectivity index (χ1n) is 8.63. The third kappa shape index (κ3) is 3.73. The molecule has 1 saturated carbocycles. The molecule has 4 heteroatoms. The number of aromatic hydroxyl groups is 1. The number of nitrogens with zero attached hydrogens (tertiary/aromatic N) is 2. The summed E-state index contributed by atoms with van der Waals surface area (Å²) in [6.07, 6.45) is 8.82. The summed E-state index contributed by atoms with van der Waals surface area (Å²) in [7, 11) is 0. The molecule has 2 fully saturated rings. The second-order valence-corrected chi connectivity index (χ2v) is 6.60. The molecule has 22 heavy (non-hydrogen) atoms. The quantitative estimate of drug-likeness (QED) is 0.493. The van der Waals surface area contributed by atoms with E-state index >= 15 is 0 Å². The third-order valence-electron chi connectivity index (χ3n) is 4.83. The molecule has 3 rings (SSSR count). The minimum absolute atomic E-state index is 0.297. The SMILES string of the molecule is CC1CCCCN1C(=NC1CCCC1)Nc1ccc(O)cc1. The minimum Gasteiger partial charge on any atom is -0.508 e. The highest BCUT2D eigenvalue weighted by molar-refractivity contribution is 5.94. The number of nitrogens with one attached hydrogen (secondary N) is 1. The van der Waals surface area contributed by atoms with E-state index in [1.807, 2.05) is 12.1 Å². The van der Waals surface area contributed by atoms with Crippen molar-refractivity contribution in [3.8, 4) is 5.75 Å². The summed E-state index contributed by atoms with van der Waals surface area (Å²) in [6, 6.07) is 8.26. The number of hydrogen-bond donors (Lipinski definition) is 2. The largest absolute Gasteiger partial charge is 0.508 e. The van der Waals surface area contributed by atoms with Gasteiger partial charge in [-0.05, 0) is 63.3 Å². The maximum Gasteiger partial charge on any atom is 0.198 e. The van der Waals surface area contributed by atoms with Crippen molar-refractivity contribution in [2.45, 2.75) is 64.0 Å². The number of guanidine groups is 1. The lowest BCUT2D eigenvalue weighted by Crippen LogP contribution is -2.46. The smallest absolute Gasteiger partial charge is 0.198 e. The first kappa shape index (κ1) is 15.2. The van der Waals surface area contributed by atoms with Gasteiger partial charge < -0.3 is 15.3 Å². The van der Waals surface area contributed by atoms with E-state index in [4.69, 9.17) is 4.99 Å². The highest BCUT2D eigenvalue weighted by Crippen LogP contribution is 2.24. The van der Waals surface area contributed by atoms with Gasteiger partial charge in [-0.3, -0.25) is 0 Å². The fourth-order valence-corrected chi connectivity index (χ4v) is 3.47. The maximum absolute atomic E-state index is 9.44. The number of phenols is 1. The van der Waals surface area contributed by atoms with Gasteiger partial charge in [-0.2, -0.15) is 0 Å². The van der Waals surface area contributed by atoms with Crippen LogP contribution in [0.3, 0.4) is 0 Å². The van der Waals surface area contributed by atoms with Crippen molar-refractivity contribution in [1.29, 1.82) is 0 Å². The summed E-state index contributed by atoms with van der Waals surface area (Å²) < 4.78 is 0. The highest BCUT2D eigenvalue weighted by atomic mass is 16.3. The van der Waals surface area contributed by atoms with Crippen LogP contribution in [0.2, 0.25) is 0 Å². The summed E-state index contributed by atoms with van der Waals surface area (Å²) >= 11 is 0. The number of aliphatic imine (C=N–C) groups is 1. The summed E-state index contributed by atoms with van der Waals surface area (Å²) in [5.74, 6) is 1.32. The summed E-state index contributed by atoms with van der Waals surface area (Å²) in [5.41, 5.74) is 0.993. The summed E-state index contributed by atoms with van der Waals surface area (Å²) in [4.78, 5) is 7.46. The van der Waals surface area contributed by atoms with Crippen LogP contribution in [0.25, 0.3) is 0 Å². The number of rotatable bonds is 2. The first-order valence-corrected chi connectivity index (χ1v) is 8.63. The van der Waals surface area contributed by atoms with Crippen molar-refractivity contribution in [2.75, 3.05) is 11.9 Å². The zero-order valence-electron chi connectivity index (χ0n) is 13.5. The fraction of sp³-hybridized carbons (Fsp3) is 0.611. The molecular formula is C18H27N3O. The van der Waals surface area contributed by atoms with Crippen molar-refractivity contribution in [1.82, 2.24) is 4.90 Å². The van der Waals surface area contributed by atoms with E-state index in [2.05, 4.69) is 17.1 Å². The zero-order valence-corrected chi connectivity index (χ0v) is 13.5. The summed E-state index contributed by atoms with van der Waals surface area (Å²) in [6.45, 7) is 3.37. The van der Waals surface area contributed by atoms with Crippen LogP contribution in [0.1, 0.15) is 51.9 Å². The van der Waals surface area contributed by atoms with Gasteiger partial charge in [0.15, 0.2) is 5.96 Å². The number of benzene rings is 1. The van der Waals surface area contributed by atoms with Gasteiger partial charge in [0.2, 0.25) is 0 Å². The monoisotopic (exact) mass is 301 g/mol. The molecule has 2 aliphatic rings. The zero-order chi connectivity index (χ0) is 15.4. The molecular weight excluding hydrogens is 274 g/mol. The van der Waals surface area contributed by atoms with Crippen molar-refractivity contribution < 1.29 is 5.11 Å². The van der Waals surface area contributed by atoms with E-state index in [0.29, 0.717) is 17.8 Å². The molecule has 1 aromatic carbocycles. The Morgan fingerprint density at radius 3 is 2.45 bits per heavy atom. The van der Waals surface area contributed by atoms with Gasteiger partial charge in [0.1, 0.15) is 5.75 Å². The van der Waals surface area contributed by atoms with Crippen LogP contribution in [-0.4, -0.2) is 34.6 Å². The van der Waals surface area contributed by atoms with Crippen LogP contribution < -0.4 is 5.32 Å². The molecule has 1 aromatic rings. The first-order chi connectivity index (χ1) is 10.7. The standard InChI is InChI=1S/C18H27N3O/c1-14-6-4-5-13-21(14)18(19-15-7-2-3-8-15)20-16-9-11-17(22)12-10-16/h9-12,14-15,22H,2-8,13H2,1H3,(H,19,20). The van der Waals surface area contributed by atoms with Gasteiger partial charge >= 0.3 is 0 Å². The van der Waals surface area contributed by atoms with E-state index in [9.17, 15) is 5.11 Å². The lowest BCUT2D eigenvalue weighted by Gasteiger charge is -2.36. The Hall–Kier alpha value is -1.71. The molecule has 0 aromatic heterocycles. The molecule has 4 nitrogen and oxygen atoms in total. The molecule has 1 atom stereocenters. The normalized spacial score (nSPS) is 23.8. The number of anilines is 1. The lowest BCUT2D eigenvalue weighted by molar-refractivity contribution is 0.256. The van der Waals surface area contributed by atoms with E-state index in [1.54, 1.807) is 12.1 Å². The Morgan fingerprint density at radius 1 is 1.09 bits per heavy atom. The van der Waals surface area contributed by atoms with E-state index in [-0.39, 0.29) is 0 Å². The van der Waals surface area contributed by atoms with Gasteiger partial charge in [-0.25, -0.2) is 4.99 Å². The molecule has 0 bridgehead atoms. The molecule has 0 spiro atoms. The second-order valence-electron chi connectivity index (χ2n) is 6.60. The van der Waals surface area contributed by atoms with E-state index in [0.717, 1.165) is 18.2 Å². The van der Waals surface area contributed by atoms with Gasteiger partial charge in [0, 0.05) is 18.3 Å². The second kappa shape index (κ2) is 7.03. The molecule has 120 valence electrons. The Labute approximate surface area is 133 Å². The van der Waals surface area contributed by atoms with Gasteiger partial charge in [-0.1, -0.05) is 12.8 Å². The van der Waals surface area contributed by atoms with Crippen LogP contribution >= 0.6 is 0 Å². The molecule has 1 aliphatic carbocycles. The molecule has 1 heterocycles. The molecule has 1 unspecified atom stereocenters. The molecule has 1 aliphatic heterocycles. The van der Waals surface area contributed by atoms with Gasteiger partial charge in [0.25, 0.3) is 0 Å². The Morgan fingerprint density at radius 2 is 1.77 bits per heavy atom. The van der Waals surface area contributed by atoms with Crippen LogP contribution in [0.4, 0.5) is 5.69 Å². The Kier molecular flexibility index (Phi) is 4.86. The van der Waals surface area contributed by atoms with Crippen molar-refractivity contribution >= 4 is 11.6 Å². The van der Waals surface area contributed by atoms with Crippen molar-refractivity contribution in [3.05, 3.63) is 24.3 Å². The molecule has 2 N–H and O–H groups in total. The predicted molar refractivity (Wildman–Crippen MR) is 91.4 cm³/mol. The Balaban J connectivity index is 1.79. The Bertz CT molecular complexity index is 506. The number of likely N-dealkylation sites (tertiary alicyclic amines) is 1. The molecule has 0 radical (unpaired) electrons. The fourth-order valence-electron chi connectivity index (χ4n) is 3.47. The summed E-state index contributed by atoms with van der Waals surface area (Å²) in [5, 5.41) is 12.9. The molecule has 0 amide bonds. The maximum atomic E-state index is 9.44. The highest BCUT2D eigenvalue weighted by Gasteiger charge is 2.24. The average molecular weight is 301 g/mol. The van der Waals surface area contributed by atoms with Crippen LogP contribution in [0.5, 0.6) is 5.75 Å². The number of phenolic OH excluding ortho intramolecular Hbond substituents is 1. The van der Waals surface area contributed by atoms with E-state index in [1.165, 1.54) is 44.9 Å². The van der Waals surface area contributed by atoms with Crippen LogP contribution in [-0.2, 0) is 0 Å². The van der Waals surface area contributed by atoms with Gasteiger partial charge in [0.05, 0.1) is 6.04 Å². The average Bonchev–Trinajstić information content (AvgIpc) is 3.02.